The molecule has 1 aromatic carbocycles. The number of pyridine rings is 1. The molecular formula is C23H27N5O2. The van der Waals surface area contributed by atoms with Gasteiger partial charge in [-0.25, -0.2) is 4.98 Å². The maximum absolute atomic E-state index is 13.4. The Balaban J connectivity index is 1.47. The number of phenolic OH excluding ortho intramolecular Hbond substituents is 1. The van der Waals surface area contributed by atoms with Gasteiger partial charge in [0.2, 0.25) is 0 Å². The van der Waals surface area contributed by atoms with Crippen molar-refractivity contribution in [2.24, 2.45) is 0 Å². The van der Waals surface area contributed by atoms with Crippen molar-refractivity contribution >= 4 is 16.9 Å². The predicted octanol–water partition coefficient (Wildman–Crippen LogP) is 3.38. The lowest BCUT2D eigenvalue weighted by Crippen LogP contribution is -2.38. The molecule has 2 aliphatic heterocycles. The lowest BCUT2D eigenvalue weighted by Gasteiger charge is -2.23. The zero-order valence-corrected chi connectivity index (χ0v) is 17.4. The molecule has 0 spiro atoms. The average molecular weight is 406 g/mol. The van der Waals surface area contributed by atoms with Crippen LogP contribution in [0.15, 0.2) is 30.3 Å². The molecule has 7 heteroatoms. The summed E-state index contributed by atoms with van der Waals surface area (Å²) in [6.07, 6.45) is 5.64. The number of aromatic nitrogens is 3. The molecule has 2 fully saturated rings. The third kappa shape index (κ3) is 3.33. The first-order valence-corrected chi connectivity index (χ1v) is 10.7. The second-order valence-corrected chi connectivity index (χ2v) is 8.67. The number of nitrogens with zero attached hydrogens (tertiary/aromatic N) is 3. The molecule has 156 valence electrons. The molecule has 2 aliphatic rings. The Morgan fingerprint density at radius 2 is 1.90 bits per heavy atom. The van der Waals surface area contributed by atoms with Crippen LogP contribution in [-0.4, -0.2) is 56.3 Å². The second-order valence-electron chi connectivity index (χ2n) is 8.67. The van der Waals surface area contributed by atoms with E-state index in [4.69, 9.17) is 0 Å². The summed E-state index contributed by atoms with van der Waals surface area (Å²) in [6, 6.07) is 10.1. The van der Waals surface area contributed by atoms with E-state index in [-0.39, 0.29) is 17.7 Å². The molecular weight excluding hydrogens is 378 g/mol. The number of amides is 1. The summed E-state index contributed by atoms with van der Waals surface area (Å²) in [5, 5.41) is 20.9. The Morgan fingerprint density at radius 1 is 1.17 bits per heavy atom. The number of hydrogen-bond acceptors (Lipinski definition) is 5. The molecule has 7 nitrogen and oxygen atoms in total. The van der Waals surface area contributed by atoms with Crippen molar-refractivity contribution in [3.8, 4) is 17.0 Å². The number of rotatable bonds is 3. The smallest absolute Gasteiger partial charge is 0.252 e. The van der Waals surface area contributed by atoms with Crippen LogP contribution < -0.4 is 5.32 Å². The van der Waals surface area contributed by atoms with Crippen molar-refractivity contribution in [3.63, 3.8) is 0 Å². The van der Waals surface area contributed by atoms with Gasteiger partial charge in [0, 0.05) is 23.7 Å². The van der Waals surface area contributed by atoms with Crippen molar-refractivity contribution in [2.45, 2.75) is 57.2 Å². The minimum absolute atomic E-state index is 0.0719. The SMILES string of the molecule is Cc1n[nH]c2nc(-c3ccc(O)cc3)cc(C(=O)NC3CCC4CCC(C3)N4C)c12. The van der Waals surface area contributed by atoms with Crippen LogP contribution in [0.4, 0.5) is 0 Å². The zero-order chi connectivity index (χ0) is 20.8. The normalized spacial score (nSPS) is 24.1. The third-order valence-corrected chi connectivity index (χ3v) is 6.84. The summed E-state index contributed by atoms with van der Waals surface area (Å²) in [4.78, 5) is 20.5. The molecule has 2 bridgehead atoms. The highest BCUT2D eigenvalue weighted by molar-refractivity contribution is 6.07. The highest BCUT2D eigenvalue weighted by atomic mass is 16.3. The summed E-state index contributed by atoms with van der Waals surface area (Å²) < 4.78 is 0. The summed E-state index contributed by atoms with van der Waals surface area (Å²) in [7, 11) is 2.22. The quantitative estimate of drug-likeness (QED) is 0.621. The molecule has 2 saturated heterocycles. The van der Waals surface area contributed by atoms with Gasteiger partial charge in [-0.15, -0.1) is 0 Å². The van der Waals surface area contributed by atoms with Gasteiger partial charge in [0.15, 0.2) is 5.65 Å². The number of phenols is 1. The fraction of sp³-hybridized carbons (Fsp3) is 0.435. The van der Waals surface area contributed by atoms with Crippen LogP contribution in [0.1, 0.15) is 48.2 Å². The molecule has 0 saturated carbocycles. The van der Waals surface area contributed by atoms with Gasteiger partial charge >= 0.3 is 0 Å². The number of H-pyrrole nitrogens is 1. The van der Waals surface area contributed by atoms with E-state index in [9.17, 15) is 9.90 Å². The van der Waals surface area contributed by atoms with Crippen molar-refractivity contribution in [1.29, 1.82) is 0 Å². The minimum Gasteiger partial charge on any atom is -0.508 e. The number of aryl methyl sites for hydroxylation is 1. The number of carbonyl (C=O) groups excluding carboxylic acids is 1. The molecule has 0 aliphatic carbocycles. The lowest BCUT2D eigenvalue weighted by molar-refractivity contribution is 0.0931. The first-order chi connectivity index (χ1) is 14.5. The van der Waals surface area contributed by atoms with Crippen LogP contribution in [0.2, 0.25) is 0 Å². The first-order valence-electron chi connectivity index (χ1n) is 10.7. The van der Waals surface area contributed by atoms with Crippen LogP contribution in [-0.2, 0) is 0 Å². The minimum atomic E-state index is -0.0719. The zero-order valence-electron chi connectivity index (χ0n) is 17.4. The van der Waals surface area contributed by atoms with E-state index < -0.39 is 0 Å². The predicted molar refractivity (Wildman–Crippen MR) is 115 cm³/mol. The van der Waals surface area contributed by atoms with E-state index in [2.05, 4.69) is 32.4 Å². The summed E-state index contributed by atoms with van der Waals surface area (Å²) in [6.45, 7) is 1.89. The highest BCUT2D eigenvalue weighted by Gasteiger charge is 2.36. The molecule has 5 rings (SSSR count). The van der Waals surface area contributed by atoms with E-state index in [1.165, 1.54) is 12.8 Å². The number of aromatic amines is 1. The Morgan fingerprint density at radius 3 is 2.70 bits per heavy atom. The summed E-state index contributed by atoms with van der Waals surface area (Å²) >= 11 is 0. The van der Waals surface area contributed by atoms with Crippen molar-refractivity contribution in [1.82, 2.24) is 25.4 Å². The Labute approximate surface area is 175 Å². The third-order valence-electron chi connectivity index (χ3n) is 6.84. The topological polar surface area (TPSA) is 94.1 Å². The summed E-state index contributed by atoms with van der Waals surface area (Å²) in [5.74, 6) is 0.125. The molecule has 4 heterocycles. The lowest BCUT2D eigenvalue weighted by atomic mass is 9.96. The van der Waals surface area contributed by atoms with E-state index in [1.54, 1.807) is 24.3 Å². The molecule has 3 atom stereocenters. The number of benzene rings is 1. The van der Waals surface area contributed by atoms with Crippen molar-refractivity contribution < 1.29 is 9.90 Å². The molecule has 1 amide bonds. The molecule has 3 unspecified atom stereocenters. The van der Waals surface area contributed by atoms with Gasteiger partial charge in [-0.1, -0.05) is 0 Å². The fourth-order valence-electron chi connectivity index (χ4n) is 5.10. The number of carbonyl (C=O) groups is 1. The summed E-state index contributed by atoms with van der Waals surface area (Å²) in [5.41, 5.74) is 3.47. The van der Waals surface area contributed by atoms with Crippen molar-refractivity contribution in [3.05, 3.63) is 41.6 Å². The van der Waals surface area contributed by atoms with Crippen LogP contribution in [0, 0.1) is 6.92 Å². The number of nitrogens with one attached hydrogen (secondary N) is 2. The monoisotopic (exact) mass is 405 g/mol. The van der Waals surface area contributed by atoms with E-state index in [0.717, 1.165) is 35.9 Å². The van der Waals surface area contributed by atoms with Gasteiger partial charge in [-0.3, -0.25) is 9.89 Å². The fourth-order valence-corrected chi connectivity index (χ4v) is 5.10. The average Bonchev–Trinajstić information content (AvgIpc) is 3.22. The van der Waals surface area contributed by atoms with Crippen molar-refractivity contribution in [2.75, 3.05) is 7.05 Å². The molecule has 0 radical (unpaired) electrons. The molecule has 30 heavy (non-hydrogen) atoms. The maximum Gasteiger partial charge on any atom is 0.252 e. The van der Waals surface area contributed by atoms with Gasteiger partial charge < -0.3 is 15.3 Å². The maximum atomic E-state index is 13.4. The van der Waals surface area contributed by atoms with Gasteiger partial charge in [0.25, 0.3) is 5.91 Å². The highest BCUT2D eigenvalue weighted by Crippen LogP contribution is 2.33. The Kier molecular flexibility index (Phi) is 4.70. The van der Waals surface area contributed by atoms with Gasteiger partial charge in [-0.05, 0) is 76.4 Å². The standard InChI is InChI=1S/C23H27N5O2/c1-13-21-19(23(30)24-15-5-6-16-7-8-17(11-15)28(16)2)12-20(25-22(21)27-26-13)14-3-9-18(29)10-4-14/h3-4,9-10,12,15-17,29H,5-8,11H2,1-2H3,(H,24,30)(H,25,26,27). The van der Waals surface area contributed by atoms with E-state index in [1.807, 2.05) is 13.0 Å². The van der Waals surface area contributed by atoms with Gasteiger partial charge in [0.1, 0.15) is 5.75 Å². The second kappa shape index (κ2) is 7.40. The number of aromatic hydroxyl groups is 1. The molecule has 3 aromatic rings. The van der Waals surface area contributed by atoms with Crippen LogP contribution in [0.3, 0.4) is 0 Å². The Bertz CT molecular complexity index is 1090. The van der Waals surface area contributed by atoms with E-state index in [0.29, 0.717) is 29.0 Å². The largest absolute Gasteiger partial charge is 0.508 e. The molecule has 2 aromatic heterocycles. The molecule has 3 N–H and O–H groups in total. The number of hydrogen-bond donors (Lipinski definition) is 3. The first kappa shape index (κ1) is 19.1. The van der Waals surface area contributed by atoms with Crippen LogP contribution in [0.25, 0.3) is 22.3 Å². The van der Waals surface area contributed by atoms with Gasteiger partial charge in [0.05, 0.1) is 22.3 Å². The number of fused-ring (bicyclic) bond motifs is 3. The van der Waals surface area contributed by atoms with E-state index >= 15 is 0 Å². The van der Waals surface area contributed by atoms with Crippen LogP contribution in [0.5, 0.6) is 5.75 Å². The Hall–Kier alpha value is -2.93. The van der Waals surface area contributed by atoms with Crippen LogP contribution >= 0.6 is 0 Å². The van der Waals surface area contributed by atoms with Gasteiger partial charge in [-0.2, -0.15) is 5.10 Å².